The minimum atomic E-state index is -0.0618. The number of hydrogen-bond acceptors (Lipinski definition) is 7. The Morgan fingerprint density at radius 2 is 2.12 bits per heavy atom. The van der Waals surface area contributed by atoms with Crippen LogP contribution in [0.15, 0.2) is 51.4 Å². The number of benzene rings is 1. The fourth-order valence-electron chi connectivity index (χ4n) is 2.06. The van der Waals surface area contributed by atoms with Crippen LogP contribution in [0.25, 0.3) is 0 Å². The molecule has 0 aliphatic carbocycles. The standard InChI is InChI=1S/C17H17N3O3S2/c1-22-13-6-4-12(5-7-13)9-16-19-20-17(23-16)25-11-15(21)18-10-14-3-2-8-24-14/h2-8H,9-11H2,1H3,(H,18,21). The van der Waals surface area contributed by atoms with Crippen molar-refractivity contribution in [3.8, 4) is 5.75 Å². The van der Waals surface area contributed by atoms with Crippen LogP contribution in [0, 0.1) is 0 Å². The molecule has 0 bridgehead atoms. The van der Waals surface area contributed by atoms with Crippen LogP contribution in [-0.2, 0) is 17.8 Å². The van der Waals surface area contributed by atoms with Gasteiger partial charge in [-0.15, -0.1) is 21.5 Å². The number of thiophene rings is 1. The topological polar surface area (TPSA) is 77.2 Å². The number of carbonyl (C=O) groups excluding carboxylic acids is 1. The van der Waals surface area contributed by atoms with Crippen LogP contribution in [0.3, 0.4) is 0 Å². The van der Waals surface area contributed by atoms with Gasteiger partial charge in [-0.2, -0.15) is 0 Å². The van der Waals surface area contributed by atoms with E-state index in [1.165, 1.54) is 11.8 Å². The highest BCUT2D eigenvalue weighted by Crippen LogP contribution is 2.19. The summed E-state index contributed by atoms with van der Waals surface area (Å²) >= 11 is 2.85. The molecule has 0 spiro atoms. The Kier molecular flexibility index (Phi) is 6.08. The van der Waals surface area contributed by atoms with E-state index in [9.17, 15) is 4.79 Å². The number of amides is 1. The monoisotopic (exact) mass is 375 g/mol. The average Bonchev–Trinajstić information content (AvgIpc) is 3.31. The summed E-state index contributed by atoms with van der Waals surface area (Å²) in [6.45, 7) is 0.545. The summed E-state index contributed by atoms with van der Waals surface area (Å²) in [7, 11) is 1.63. The molecule has 8 heteroatoms. The van der Waals surface area contributed by atoms with Crippen LogP contribution < -0.4 is 10.1 Å². The van der Waals surface area contributed by atoms with Crippen molar-refractivity contribution in [1.29, 1.82) is 0 Å². The third-order valence-corrected chi connectivity index (χ3v) is 5.02. The molecule has 1 amide bonds. The molecule has 1 N–H and O–H groups in total. The SMILES string of the molecule is COc1ccc(Cc2nnc(SCC(=O)NCc3cccs3)o2)cc1. The lowest BCUT2D eigenvalue weighted by molar-refractivity contribution is -0.118. The van der Waals surface area contributed by atoms with E-state index in [2.05, 4.69) is 15.5 Å². The third-order valence-electron chi connectivity index (χ3n) is 3.33. The largest absolute Gasteiger partial charge is 0.497 e. The second-order valence-corrected chi connectivity index (χ2v) is 7.09. The van der Waals surface area contributed by atoms with Gasteiger partial charge in [-0.05, 0) is 29.1 Å². The minimum Gasteiger partial charge on any atom is -0.497 e. The van der Waals surface area contributed by atoms with E-state index < -0.39 is 0 Å². The summed E-state index contributed by atoms with van der Waals surface area (Å²) in [4.78, 5) is 13.0. The summed E-state index contributed by atoms with van der Waals surface area (Å²) in [6.07, 6.45) is 0.544. The Balaban J connectivity index is 1.45. The summed E-state index contributed by atoms with van der Waals surface area (Å²) in [6, 6.07) is 11.6. The van der Waals surface area contributed by atoms with E-state index in [0.29, 0.717) is 24.1 Å². The van der Waals surface area contributed by atoms with E-state index in [4.69, 9.17) is 9.15 Å². The van der Waals surface area contributed by atoms with Crippen LogP contribution in [0.5, 0.6) is 5.75 Å². The molecule has 2 aromatic heterocycles. The first-order valence-corrected chi connectivity index (χ1v) is 9.46. The molecule has 0 saturated carbocycles. The smallest absolute Gasteiger partial charge is 0.277 e. The van der Waals surface area contributed by atoms with Gasteiger partial charge in [-0.3, -0.25) is 4.79 Å². The van der Waals surface area contributed by atoms with Gasteiger partial charge in [0.25, 0.3) is 5.22 Å². The van der Waals surface area contributed by atoms with Crippen molar-refractivity contribution in [2.45, 2.75) is 18.2 Å². The Morgan fingerprint density at radius 1 is 1.28 bits per heavy atom. The van der Waals surface area contributed by atoms with Gasteiger partial charge in [0.1, 0.15) is 5.75 Å². The van der Waals surface area contributed by atoms with Gasteiger partial charge in [0, 0.05) is 4.88 Å². The van der Waals surface area contributed by atoms with Crippen molar-refractivity contribution < 1.29 is 13.9 Å². The maximum absolute atomic E-state index is 11.8. The zero-order chi connectivity index (χ0) is 17.5. The molecular formula is C17H17N3O3S2. The van der Waals surface area contributed by atoms with E-state index in [0.717, 1.165) is 16.2 Å². The van der Waals surface area contributed by atoms with Gasteiger partial charge >= 0.3 is 0 Å². The van der Waals surface area contributed by atoms with Gasteiger partial charge in [0.05, 0.1) is 25.8 Å². The first kappa shape index (κ1) is 17.5. The maximum atomic E-state index is 11.8. The van der Waals surface area contributed by atoms with Crippen LogP contribution in [0.2, 0.25) is 0 Å². The lowest BCUT2D eigenvalue weighted by Gasteiger charge is -2.01. The van der Waals surface area contributed by atoms with Gasteiger partial charge < -0.3 is 14.5 Å². The second-order valence-electron chi connectivity index (χ2n) is 5.13. The zero-order valence-corrected chi connectivity index (χ0v) is 15.2. The van der Waals surface area contributed by atoms with Crippen molar-refractivity contribution >= 4 is 29.0 Å². The van der Waals surface area contributed by atoms with Gasteiger partial charge in [-0.25, -0.2) is 0 Å². The molecule has 0 aliphatic heterocycles. The normalized spacial score (nSPS) is 10.6. The van der Waals surface area contributed by atoms with E-state index in [1.807, 2.05) is 41.8 Å². The van der Waals surface area contributed by atoms with Crippen molar-refractivity contribution in [2.75, 3.05) is 12.9 Å². The third kappa shape index (κ3) is 5.33. The molecule has 25 heavy (non-hydrogen) atoms. The van der Waals surface area contributed by atoms with Crippen LogP contribution in [-0.4, -0.2) is 29.0 Å². The molecule has 130 valence electrons. The molecule has 3 rings (SSSR count). The fraction of sp³-hybridized carbons (Fsp3) is 0.235. The number of aromatic nitrogens is 2. The molecule has 6 nitrogen and oxygen atoms in total. The molecule has 0 unspecified atom stereocenters. The molecule has 2 heterocycles. The summed E-state index contributed by atoms with van der Waals surface area (Å²) in [5.41, 5.74) is 1.05. The molecule has 0 aliphatic rings. The number of rotatable bonds is 8. The fourth-order valence-corrected chi connectivity index (χ4v) is 3.32. The summed E-state index contributed by atoms with van der Waals surface area (Å²) in [5.74, 6) is 1.51. The van der Waals surface area contributed by atoms with Crippen LogP contribution >= 0.6 is 23.1 Å². The van der Waals surface area contributed by atoms with Crippen molar-refractivity contribution in [3.63, 3.8) is 0 Å². The highest BCUT2D eigenvalue weighted by atomic mass is 32.2. The average molecular weight is 375 g/mol. The van der Waals surface area contributed by atoms with Crippen molar-refractivity contribution in [2.24, 2.45) is 0 Å². The number of nitrogens with zero attached hydrogens (tertiary/aromatic N) is 2. The molecule has 0 fully saturated rings. The van der Waals surface area contributed by atoms with Gasteiger partial charge in [0.2, 0.25) is 11.8 Å². The zero-order valence-electron chi connectivity index (χ0n) is 13.6. The maximum Gasteiger partial charge on any atom is 0.277 e. The predicted molar refractivity (Wildman–Crippen MR) is 97.0 cm³/mol. The number of carbonyl (C=O) groups is 1. The number of nitrogens with one attached hydrogen (secondary N) is 1. The molecule has 0 saturated heterocycles. The van der Waals surface area contributed by atoms with E-state index in [-0.39, 0.29) is 11.7 Å². The van der Waals surface area contributed by atoms with Gasteiger partial charge in [0.15, 0.2) is 0 Å². The highest BCUT2D eigenvalue weighted by Gasteiger charge is 2.10. The van der Waals surface area contributed by atoms with E-state index in [1.54, 1.807) is 18.4 Å². The Morgan fingerprint density at radius 3 is 2.84 bits per heavy atom. The Hall–Kier alpha value is -2.32. The van der Waals surface area contributed by atoms with Gasteiger partial charge in [-0.1, -0.05) is 30.0 Å². The van der Waals surface area contributed by atoms with Crippen molar-refractivity contribution in [1.82, 2.24) is 15.5 Å². The first-order valence-electron chi connectivity index (χ1n) is 7.60. The molecule has 0 radical (unpaired) electrons. The molecule has 0 atom stereocenters. The lowest BCUT2D eigenvalue weighted by Crippen LogP contribution is -2.24. The number of thioether (sulfide) groups is 1. The molecule has 1 aromatic carbocycles. The molecular weight excluding hydrogens is 358 g/mol. The Labute approximate surface area is 153 Å². The quantitative estimate of drug-likeness (QED) is 0.610. The summed E-state index contributed by atoms with van der Waals surface area (Å²) in [5, 5.41) is 13.2. The van der Waals surface area contributed by atoms with Crippen LogP contribution in [0.4, 0.5) is 0 Å². The second kappa shape index (κ2) is 8.68. The number of ether oxygens (including phenoxy) is 1. The summed E-state index contributed by atoms with van der Waals surface area (Å²) < 4.78 is 10.7. The Bertz CT molecular complexity index is 801. The minimum absolute atomic E-state index is 0.0618. The first-order chi connectivity index (χ1) is 12.2. The van der Waals surface area contributed by atoms with E-state index >= 15 is 0 Å². The van der Waals surface area contributed by atoms with Crippen LogP contribution in [0.1, 0.15) is 16.3 Å². The molecule has 3 aromatic rings. The number of hydrogen-bond donors (Lipinski definition) is 1. The lowest BCUT2D eigenvalue weighted by atomic mass is 10.1. The van der Waals surface area contributed by atoms with Crippen molar-refractivity contribution in [3.05, 3.63) is 58.1 Å². The number of methoxy groups -OCH3 is 1. The predicted octanol–water partition coefficient (Wildman–Crippen LogP) is 3.14. The highest BCUT2D eigenvalue weighted by molar-refractivity contribution is 7.99.